The topological polar surface area (TPSA) is 63.2 Å². The van der Waals surface area contributed by atoms with Crippen LogP contribution in [0, 0.1) is 0 Å². The van der Waals surface area contributed by atoms with Crippen LogP contribution >= 0.6 is 11.6 Å². The number of aliphatic imine (C=N–C) groups is 1. The largest absolute Gasteiger partial charge is 0.495 e. The van der Waals surface area contributed by atoms with Crippen molar-refractivity contribution in [3.05, 3.63) is 28.8 Å². The quantitative estimate of drug-likeness (QED) is 0.377. The van der Waals surface area contributed by atoms with Gasteiger partial charge in [-0.2, -0.15) is 0 Å². The van der Waals surface area contributed by atoms with E-state index in [2.05, 4.69) is 16.8 Å². The van der Waals surface area contributed by atoms with Crippen LogP contribution in [0.5, 0.6) is 5.75 Å². The van der Waals surface area contributed by atoms with Gasteiger partial charge in [0.15, 0.2) is 5.84 Å². The van der Waals surface area contributed by atoms with Crippen LogP contribution in [0.2, 0.25) is 5.02 Å². The predicted molar refractivity (Wildman–Crippen MR) is 66.0 cm³/mol. The lowest BCUT2D eigenvalue weighted by Crippen LogP contribution is -2.21. The summed E-state index contributed by atoms with van der Waals surface area (Å²) < 4.78 is 5.04. The average Bonchev–Trinajstić information content (AvgIpc) is 2.25. The normalized spacial score (nSPS) is 11.1. The molecule has 0 aliphatic carbocycles. The summed E-state index contributed by atoms with van der Waals surface area (Å²) in [5.41, 5.74) is 0.720. The molecule has 5 nitrogen and oxygen atoms in total. The Bertz CT molecular complexity index is 417. The molecule has 0 radical (unpaired) electrons. The lowest BCUT2D eigenvalue weighted by atomic mass is 10.2. The highest BCUT2D eigenvalue weighted by Gasteiger charge is 2.06. The van der Waals surface area contributed by atoms with Crippen LogP contribution < -0.4 is 10.6 Å². The standard InChI is InChI=1S/C10H13ClN4O/c1-13-10(14-15(2)12)7-4-5-9(16-3)8(11)6-7/h4-6H,1,12H2,2-3H3/b14-10-. The SMILES string of the molecule is C=N/C(=N\N(C)N)c1ccc(OC)c(Cl)c1. The molecule has 1 rings (SSSR count). The Labute approximate surface area is 99.1 Å². The van der Waals surface area contributed by atoms with Crippen molar-refractivity contribution < 1.29 is 4.74 Å². The molecule has 0 saturated heterocycles. The second-order valence-corrected chi connectivity index (χ2v) is 3.41. The van der Waals surface area contributed by atoms with Crippen LogP contribution in [-0.4, -0.2) is 31.8 Å². The molecule has 0 aliphatic heterocycles. The molecule has 16 heavy (non-hydrogen) atoms. The zero-order valence-corrected chi connectivity index (χ0v) is 9.90. The van der Waals surface area contributed by atoms with Crippen molar-refractivity contribution in [2.24, 2.45) is 15.9 Å². The minimum absolute atomic E-state index is 0.398. The lowest BCUT2D eigenvalue weighted by molar-refractivity contribution is 0.372. The predicted octanol–water partition coefficient (Wildman–Crippen LogP) is 1.52. The first-order chi connectivity index (χ1) is 7.58. The van der Waals surface area contributed by atoms with Gasteiger partial charge in [-0.1, -0.05) is 11.6 Å². The van der Waals surface area contributed by atoms with E-state index in [9.17, 15) is 0 Å². The van der Waals surface area contributed by atoms with Gasteiger partial charge in [-0.25, -0.2) is 16.0 Å². The van der Waals surface area contributed by atoms with Crippen LogP contribution in [0.3, 0.4) is 0 Å². The third-order valence-corrected chi connectivity index (χ3v) is 2.11. The Morgan fingerprint density at radius 3 is 2.69 bits per heavy atom. The number of rotatable bonds is 3. The van der Waals surface area contributed by atoms with E-state index in [-0.39, 0.29) is 0 Å². The van der Waals surface area contributed by atoms with E-state index >= 15 is 0 Å². The number of nitrogens with two attached hydrogens (primary N) is 1. The Balaban J connectivity index is 3.13. The van der Waals surface area contributed by atoms with Gasteiger partial charge in [-0.15, -0.1) is 5.10 Å². The van der Waals surface area contributed by atoms with Crippen molar-refractivity contribution in [3.63, 3.8) is 0 Å². The molecule has 86 valence electrons. The van der Waals surface area contributed by atoms with Gasteiger partial charge in [0.1, 0.15) is 5.75 Å². The van der Waals surface area contributed by atoms with Gasteiger partial charge >= 0.3 is 0 Å². The Hall–Kier alpha value is -1.59. The van der Waals surface area contributed by atoms with E-state index in [1.54, 1.807) is 32.4 Å². The molecule has 0 fully saturated rings. The maximum atomic E-state index is 5.98. The lowest BCUT2D eigenvalue weighted by Gasteiger charge is -2.08. The molecule has 6 heteroatoms. The van der Waals surface area contributed by atoms with Gasteiger partial charge in [0.25, 0.3) is 0 Å². The van der Waals surface area contributed by atoms with Gasteiger partial charge in [-0.3, -0.25) is 0 Å². The molecule has 0 unspecified atom stereocenters. The van der Waals surface area contributed by atoms with Crippen molar-refractivity contribution in [1.82, 2.24) is 5.12 Å². The summed E-state index contributed by atoms with van der Waals surface area (Å²) in [6.07, 6.45) is 0. The van der Waals surface area contributed by atoms with Gasteiger partial charge in [0.2, 0.25) is 0 Å². The minimum Gasteiger partial charge on any atom is -0.495 e. The summed E-state index contributed by atoms with van der Waals surface area (Å²) in [6, 6.07) is 5.20. The molecule has 0 amide bonds. The molecule has 0 atom stereocenters. The molecule has 0 bridgehead atoms. The maximum absolute atomic E-state index is 5.98. The van der Waals surface area contributed by atoms with Crippen molar-refractivity contribution >= 4 is 24.2 Å². The summed E-state index contributed by atoms with van der Waals surface area (Å²) in [7, 11) is 3.14. The number of ether oxygens (including phenoxy) is 1. The van der Waals surface area contributed by atoms with Gasteiger partial charge in [0.05, 0.1) is 12.1 Å². The number of benzene rings is 1. The molecule has 0 saturated carbocycles. The number of methoxy groups -OCH3 is 1. The third kappa shape index (κ3) is 2.95. The molecule has 0 spiro atoms. The van der Waals surface area contributed by atoms with Crippen molar-refractivity contribution in [2.45, 2.75) is 0 Å². The first-order valence-corrected chi connectivity index (χ1v) is 4.84. The first-order valence-electron chi connectivity index (χ1n) is 4.46. The molecule has 0 heterocycles. The number of hydrogen-bond acceptors (Lipinski definition) is 4. The van der Waals surface area contributed by atoms with E-state index in [0.717, 1.165) is 10.7 Å². The highest BCUT2D eigenvalue weighted by atomic mass is 35.5. The maximum Gasteiger partial charge on any atom is 0.180 e. The highest BCUT2D eigenvalue weighted by Crippen LogP contribution is 2.25. The van der Waals surface area contributed by atoms with Crippen LogP contribution in [0.1, 0.15) is 5.56 Å². The fourth-order valence-corrected chi connectivity index (χ4v) is 1.39. The summed E-state index contributed by atoms with van der Waals surface area (Å²) in [6.45, 7) is 3.43. The second kappa shape index (κ2) is 5.48. The van der Waals surface area contributed by atoms with Crippen LogP contribution in [-0.2, 0) is 0 Å². The molecular weight excluding hydrogens is 228 g/mol. The van der Waals surface area contributed by atoms with Crippen molar-refractivity contribution in [2.75, 3.05) is 14.2 Å². The fraction of sp³-hybridized carbons (Fsp3) is 0.200. The first kappa shape index (κ1) is 12.5. The Morgan fingerprint density at radius 1 is 1.56 bits per heavy atom. The van der Waals surface area contributed by atoms with Gasteiger partial charge in [-0.05, 0) is 24.9 Å². The van der Waals surface area contributed by atoms with Crippen LogP contribution in [0.25, 0.3) is 0 Å². The molecule has 2 N–H and O–H groups in total. The monoisotopic (exact) mass is 240 g/mol. The van der Waals surface area contributed by atoms with E-state index in [0.29, 0.717) is 16.6 Å². The molecule has 1 aromatic rings. The minimum atomic E-state index is 0.398. The van der Waals surface area contributed by atoms with Gasteiger partial charge in [0, 0.05) is 12.6 Å². The fourth-order valence-electron chi connectivity index (χ4n) is 1.14. The number of hydrogen-bond donors (Lipinski definition) is 1. The number of amidine groups is 1. The van der Waals surface area contributed by atoms with E-state index < -0.39 is 0 Å². The van der Waals surface area contributed by atoms with Crippen molar-refractivity contribution in [1.29, 1.82) is 0 Å². The molecule has 1 aromatic carbocycles. The van der Waals surface area contributed by atoms with E-state index in [4.69, 9.17) is 22.2 Å². The van der Waals surface area contributed by atoms with Crippen LogP contribution in [0.15, 0.2) is 28.3 Å². The zero-order valence-electron chi connectivity index (χ0n) is 9.14. The van der Waals surface area contributed by atoms with E-state index in [1.807, 2.05) is 0 Å². The summed E-state index contributed by atoms with van der Waals surface area (Å²) in [5.74, 6) is 6.39. The number of halogens is 1. The molecule has 0 aromatic heterocycles. The van der Waals surface area contributed by atoms with Gasteiger partial charge < -0.3 is 4.74 Å². The third-order valence-electron chi connectivity index (χ3n) is 1.81. The number of hydrazine groups is 1. The zero-order chi connectivity index (χ0) is 12.1. The smallest absolute Gasteiger partial charge is 0.180 e. The highest BCUT2D eigenvalue weighted by molar-refractivity contribution is 6.32. The average molecular weight is 241 g/mol. The number of nitrogens with zero attached hydrogens (tertiary/aromatic N) is 3. The Kier molecular flexibility index (Phi) is 4.28. The molecular formula is C10H13ClN4O. The summed E-state index contributed by atoms with van der Waals surface area (Å²) >= 11 is 5.98. The number of hydrazone groups is 1. The summed E-state index contributed by atoms with van der Waals surface area (Å²) in [4.78, 5) is 3.77. The van der Waals surface area contributed by atoms with E-state index in [1.165, 1.54) is 0 Å². The van der Waals surface area contributed by atoms with Crippen LogP contribution in [0.4, 0.5) is 0 Å². The summed E-state index contributed by atoms with van der Waals surface area (Å²) in [5, 5.41) is 5.60. The second-order valence-electron chi connectivity index (χ2n) is 3.00. The Morgan fingerprint density at radius 2 is 2.25 bits per heavy atom. The molecule has 0 aliphatic rings. The van der Waals surface area contributed by atoms with Crippen molar-refractivity contribution in [3.8, 4) is 5.75 Å².